The number of aliphatic hydroxyl groups excluding tert-OH is 1. The number of imidazole rings is 1. The summed E-state index contributed by atoms with van der Waals surface area (Å²) in [5.41, 5.74) is 3.59. The van der Waals surface area contributed by atoms with Gasteiger partial charge < -0.3 is 14.4 Å². The number of nitrogens with zero attached hydrogens (tertiary/aromatic N) is 2. The first-order chi connectivity index (χ1) is 9.16. The van der Waals surface area contributed by atoms with Gasteiger partial charge in [-0.15, -0.1) is 0 Å². The molecule has 2 aromatic rings. The molecule has 0 aliphatic carbocycles. The molecule has 3 rings (SSSR count). The maximum atomic E-state index is 9.05. The summed E-state index contributed by atoms with van der Waals surface area (Å²) >= 11 is 0. The van der Waals surface area contributed by atoms with Crippen LogP contribution in [-0.2, 0) is 17.2 Å². The summed E-state index contributed by atoms with van der Waals surface area (Å²) in [6, 6.07) is 6.51. The van der Waals surface area contributed by atoms with Gasteiger partial charge in [0.1, 0.15) is 5.82 Å². The molecule has 0 amide bonds. The average Bonchev–Trinajstić information content (AvgIpc) is 2.64. The fourth-order valence-corrected chi connectivity index (χ4v) is 2.87. The molecular weight excluding hydrogens is 240 g/mol. The van der Waals surface area contributed by atoms with Crippen LogP contribution in [0.15, 0.2) is 18.2 Å². The van der Waals surface area contributed by atoms with Gasteiger partial charge in [-0.1, -0.05) is 6.07 Å². The van der Waals surface area contributed by atoms with Crippen molar-refractivity contribution in [1.82, 2.24) is 9.55 Å². The molecule has 1 aliphatic heterocycles. The normalized spacial score (nSPS) is 17.6. The van der Waals surface area contributed by atoms with Crippen LogP contribution in [0, 0.1) is 6.92 Å². The van der Waals surface area contributed by atoms with Crippen LogP contribution in [0.25, 0.3) is 11.0 Å². The highest BCUT2D eigenvalue weighted by atomic mass is 16.5. The topological polar surface area (TPSA) is 47.3 Å². The number of hydrogen-bond acceptors (Lipinski definition) is 3. The van der Waals surface area contributed by atoms with Crippen LogP contribution >= 0.6 is 0 Å². The van der Waals surface area contributed by atoms with E-state index in [1.807, 2.05) is 14.0 Å². The molecule has 19 heavy (non-hydrogen) atoms. The molecule has 4 nitrogen and oxygen atoms in total. The van der Waals surface area contributed by atoms with Crippen molar-refractivity contribution in [1.29, 1.82) is 0 Å². The minimum Gasteiger partial charge on any atom is -0.396 e. The van der Waals surface area contributed by atoms with Crippen LogP contribution in [0.3, 0.4) is 0 Å². The fourth-order valence-electron chi connectivity index (χ4n) is 2.87. The minimum atomic E-state index is 0.0857. The molecule has 0 spiro atoms. The first-order valence-electron chi connectivity index (χ1n) is 6.78. The second-order valence-corrected chi connectivity index (χ2v) is 5.52. The molecular formula is C15H20N2O2. The predicted molar refractivity (Wildman–Crippen MR) is 74.3 cm³/mol. The van der Waals surface area contributed by atoms with Crippen LogP contribution in [0.1, 0.15) is 24.2 Å². The maximum Gasteiger partial charge on any atom is 0.106 e. The van der Waals surface area contributed by atoms with E-state index in [1.54, 1.807) is 0 Å². The lowest BCUT2D eigenvalue weighted by Crippen LogP contribution is -2.46. The number of rotatable bonds is 4. The van der Waals surface area contributed by atoms with Crippen molar-refractivity contribution in [2.45, 2.75) is 25.2 Å². The van der Waals surface area contributed by atoms with E-state index in [4.69, 9.17) is 9.84 Å². The van der Waals surface area contributed by atoms with Crippen LogP contribution in [-0.4, -0.2) is 34.5 Å². The first-order valence-corrected chi connectivity index (χ1v) is 6.78. The SMILES string of the molecule is Cc1nc2cc(C3(CCCO)COC3)ccc2n1C. The molecule has 0 unspecified atom stereocenters. The molecule has 1 aromatic heterocycles. The van der Waals surface area contributed by atoms with E-state index in [0.29, 0.717) is 0 Å². The highest BCUT2D eigenvalue weighted by Crippen LogP contribution is 2.37. The summed E-state index contributed by atoms with van der Waals surface area (Å²) in [7, 11) is 2.04. The number of aromatic nitrogens is 2. The van der Waals surface area contributed by atoms with Crippen molar-refractivity contribution in [3.63, 3.8) is 0 Å². The number of fused-ring (bicyclic) bond motifs is 1. The maximum absolute atomic E-state index is 9.05. The predicted octanol–water partition coefficient (Wildman–Crippen LogP) is 1.92. The van der Waals surface area contributed by atoms with Gasteiger partial charge in [-0.2, -0.15) is 0 Å². The number of ether oxygens (including phenoxy) is 1. The summed E-state index contributed by atoms with van der Waals surface area (Å²) < 4.78 is 7.53. The van der Waals surface area contributed by atoms with Crippen LogP contribution in [0.5, 0.6) is 0 Å². The summed E-state index contributed by atoms with van der Waals surface area (Å²) in [5, 5.41) is 9.05. The zero-order valence-electron chi connectivity index (χ0n) is 11.5. The highest BCUT2D eigenvalue weighted by Gasteiger charge is 2.39. The Morgan fingerprint density at radius 2 is 2.21 bits per heavy atom. The molecule has 1 saturated heterocycles. The summed E-state index contributed by atoms with van der Waals surface area (Å²) in [6.45, 7) is 3.77. The second kappa shape index (κ2) is 4.62. The molecule has 1 aromatic carbocycles. The molecule has 0 bridgehead atoms. The standard InChI is InChI=1S/C15H20N2O2/c1-11-16-13-8-12(4-5-14(13)17(11)2)15(6-3-7-18)9-19-10-15/h4-5,8,18H,3,6-7,9-10H2,1-2H3. The van der Waals surface area contributed by atoms with Gasteiger partial charge in [0.25, 0.3) is 0 Å². The van der Waals surface area contributed by atoms with E-state index in [2.05, 4.69) is 27.8 Å². The van der Waals surface area contributed by atoms with Gasteiger partial charge in [0.2, 0.25) is 0 Å². The third-order valence-electron chi connectivity index (χ3n) is 4.29. The van der Waals surface area contributed by atoms with Gasteiger partial charge in [-0.05, 0) is 37.5 Å². The van der Waals surface area contributed by atoms with Crippen LogP contribution < -0.4 is 0 Å². The largest absolute Gasteiger partial charge is 0.396 e. The van der Waals surface area contributed by atoms with Gasteiger partial charge in [0.05, 0.1) is 24.2 Å². The van der Waals surface area contributed by atoms with E-state index in [1.165, 1.54) is 11.1 Å². The third kappa shape index (κ3) is 1.95. The fraction of sp³-hybridized carbons (Fsp3) is 0.533. The zero-order chi connectivity index (χ0) is 13.5. The Balaban J connectivity index is 2.00. The molecule has 1 aliphatic rings. The Bertz CT molecular complexity index is 599. The van der Waals surface area contributed by atoms with Crippen molar-refractivity contribution >= 4 is 11.0 Å². The third-order valence-corrected chi connectivity index (χ3v) is 4.29. The Kier molecular flexibility index (Phi) is 3.07. The Hall–Kier alpha value is -1.39. The second-order valence-electron chi connectivity index (χ2n) is 5.52. The van der Waals surface area contributed by atoms with E-state index in [0.717, 1.165) is 37.4 Å². The molecule has 2 heterocycles. The van der Waals surface area contributed by atoms with E-state index in [-0.39, 0.29) is 12.0 Å². The Morgan fingerprint density at radius 1 is 1.42 bits per heavy atom. The van der Waals surface area contributed by atoms with Crippen LogP contribution in [0.4, 0.5) is 0 Å². The Labute approximate surface area is 113 Å². The van der Waals surface area contributed by atoms with Crippen molar-refractivity contribution < 1.29 is 9.84 Å². The van der Waals surface area contributed by atoms with Crippen molar-refractivity contribution in [3.05, 3.63) is 29.6 Å². The quantitative estimate of drug-likeness (QED) is 0.913. The van der Waals surface area contributed by atoms with Gasteiger partial charge >= 0.3 is 0 Å². The smallest absolute Gasteiger partial charge is 0.106 e. The van der Waals surface area contributed by atoms with E-state index in [9.17, 15) is 0 Å². The minimum absolute atomic E-state index is 0.0857. The Morgan fingerprint density at radius 3 is 2.84 bits per heavy atom. The molecule has 102 valence electrons. The van der Waals surface area contributed by atoms with Gasteiger partial charge in [0.15, 0.2) is 0 Å². The van der Waals surface area contributed by atoms with Crippen molar-refractivity contribution in [3.8, 4) is 0 Å². The van der Waals surface area contributed by atoms with Crippen LogP contribution in [0.2, 0.25) is 0 Å². The molecule has 0 saturated carbocycles. The zero-order valence-corrected chi connectivity index (χ0v) is 11.5. The summed E-state index contributed by atoms with van der Waals surface area (Å²) in [4.78, 5) is 4.60. The summed E-state index contributed by atoms with van der Waals surface area (Å²) in [6.07, 6.45) is 1.80. The molecule has 0 radical (unpaired) electrons. The number of aryl methyl sites for hydroxylation is 2. The molecule has 1 N–H and O–H groups in total. The monoisotopic (exact) mass is 260 g/mol. The van der Waals surface area contributed by atoms with Crippen molar-refractivity contribution in [2.75, 3.05) is 19.8 Å². The first kappa shape index (κ1) is 12.6. The lowest BCUT2D eigenvalue weighted by molar-refractivity contribution is -0.0664. The van der Waals surface area contributed by atoms with Gasteiger partial charge in [0, 0.05) is 19.1 Å². The highest BCUT2D eigenvalue weighted by molar-refractivity contribution is 5.77. The number of benzene rings is 1. The average molecular weight is 260 g/mol. The lowest BCUT2D eigenvalue weighted by atomic mass is 9.75. The molecule has 1 fully saturated rings. The number of aliphatic hydroxyl groups is 1. The van der Waals surface area contributed by atoms with E-state index >= 15 is 0 Å². The van der Waals surface area contributed by atoms with Gasteiger partial charge in [-0.3, -0.25) is 0 Å². The molecule has 4 heteroatoms. The molecule has 0 atom stereocenters. The van der Waals surface area contributed by atoms with Gasteiger partial charge in [-0.25, -0.2) is 4.98 Å². The summed E-state index contributed by atoms with van der Waals surface area (Å²) in [5.74, 6) is 1.03. The van der Waals surface area contributed by atoms with Crippen molar-refractivity contribution in [2.24, 2.45) is 7.05 Å². The number of hydrogen-bond donors (Lipinski definition) is 1. The lowest BCUT2D eigenvalue weighted by Gasteiger charge is -2.42. The van der Waals surface area contributed by atoms with E-state index < -0.39 is 0 Å².